The number of hydrogen-bond acceptors (Lipinski definition) is 7. The van der Waals surface area contributed by atoms with Gasteiger partial charge in [0.1, 0.15) is 17.1 Å². The first-order valence-electron chi connectivity index (χ1n) is 19.7. The molecule has 2 N–H and O–H groups in total. The van der Waals surface area contributed by atoms with Gasteiger partial charge < -0.3 is 10.1 Å². The van der Waals surface area contributed by atoms with Gasteiger partial charge in [0.2, 0.25) is 0 Å². The maximum atomic E-state index is 11.0. The van der Waals surface area contributed by atoms with Crippen LogP contribution < -0.4 is 0 Å². The molecule has 0 aliphatic carbocycles. The molecule has 8 nitrogen and oxygen atoms in total. The number of carboxylic acids is 1. The summed E-state index contributed by atoms with van der Waals surface area (Å²) in [5.74, 6) is 25.4. The van der Waals surface area contributed by atoms with Crippen molar-refractivity contribution in [2.45, 2.75) is 19.3 Å². The number of carboxylic acid groups (broad SMARTS) is 1. The lowest BCUT2D eigenvalue weighted by Crippen LogP contribution is -1.92. The molecule has 0 spiro atoms. The van der Waals surface area contributed by atoms with Crippen LogP contribution in [-0.2, 0) is 4.79 Å². The Hall–Kier alpha value is -8.60. The van der Waals surface area contributed by atoms with Crippen molar-refractivity contribution in [1.29, 1.82) is 0 Å². The summed E-state index contributed by atoms with van der Waals surface area (Å²) in [4.78, 5) is 38.4. The van der Waals surface area contributed by atoms with Crippen molar-refractivity contribution in [3.05, 3.63) is 184 Å². The van der Waals surface area contributed by atoms with E-state index in [-0.39, 0.29) is 6.42 Å². The third-order valence-electron chi connectivity index (χ3n) is 9.67. The zero-order chi connectivity index (χ0) is 42.1. The van der Waals surface area contributed by atoms with Gasteiger partial charge in [-0.3, -0.25) is 4.79 Å². The van der Waals surface area contributed by atoms with Gasteiger partial charge in [-0.05, 0) is 127 Å². The van der Waals surface area contributed by atoms with E-state index in [1.807, 2.05) is 115 Å². The second-order valence-corrected chi connectivity index (χ2v) is 15.0. The first-order chi connectivity index (χ1) is 30.5. The van der Waals surface area contributed by atoms with Crippen LogP contribution in [-0.4, -0.2) is 41.0 Å². The summed E-state index contributed by atoms with van der Waals surface area (Å²) >= 11 is 1.60. The Morgan fingerprint density at radius 3 is 1.61 bits per heavy atom. The predicted molar refractivity (Wildman–Crippen MR) is 247 cm³/mol. The van der Waals surface area contributed by atoms with Crippen molar-refractivity contribution in [2.75, 3.05) is 0 Å². The number of pyridine rings is 3. The SMILES string of the molecule is O=C(O)CCCC#Cc1ccc(-c2c3nc(c(C#Cc4ccccn4)c4ccc([nH]4)c(C#Cc4ccccn4)c4nc(c(C#Cc5ccccn5)c5ccc2s5)C=C4)C=C3)cc1. The minimum Gasteiger partial charge on any atom is -0.481 e. The Morgan fingerprint density at radius 1 is 0.548 bits per heavy atom. The first kappa shape index (κ1) is 38.9. The normalized spacial score (nSPS) is 10.9. The fourth-order valence-corrected chi connectivity index (χ4v) is 7.78. The molecule has 6 aromatic heterocycles. The van der Waals surface area contributed by atoms with Gasteiger partial charge in [-0.25, -0.2) is 24.9 Å². The van der Waals surface area contributed by atoms with Crippen molar-refractivity contribution < 1.29 is 9.90 Å². The summed E-state index contributed by atoms with van der Waals surface area (Å²) in [5.41, 5.74) is 11.1. The molecular formula is C53H32N6O2S. The summed E-state index contributed by atoms with van der Waals surface area (Å²) in [7, 11) is 0. The molecular weight excluding hydrogens is 785 g/mol. The third-order valence-corrected chi connectivity index (χ3v) is 10.8. The highest BCUT2D eigenvalue weighted by atomic mass is 32.1. The largest absolute Gasteiger partial charge is 0.481 e. The zero-order valence-electron chi connectivity index (χ0n) is 33.0. The van der Waals surface area contributed by atoms with Crippen LogP contribution >= 0.6 is 11.3 Å². The number of unbranched alkanes of at least 4 members (excludes halogenated alkanes) is 1. The maximum absolute atomic E-state index is 11.0. The van der Waals surface area contributed by atoms with E-state index in [1.54, 1.807) is 29.9 Å². The lowest BCUT2D eigenvalue weighted by Gasteiger charge is -2.04. The molecule has 9 heteroatoms. The van der Waals surface area contributed by atoms with Crippen LogP contribution in [0.3, 0.4) is 0 Å². The smallest absolute Gasteiger partial charge is 0.303 e. The van der Waals surface area contributed by atoms with E-state index < -0.39 is 5.97 Å². The van der Waals surface area contributed by atoms with E-state index in [9.17, 15) is 4.79 Å². The molecule has 0 saturated heterocycles. The number of aliphatic carboxylic acids is 1. The van der Waals surface area contributed by atoms with Crippen LogP contribution in [0.2, 0.25) is 0 Å². The average Bonchev–Trinajstić information content (AvgIpc) is 4.16. The van der Waals surface area contributed by atoms with Gasteiger partial charge >= 0.3 is 5.97 Å². The van der Waals surface area contributed by atoms with E-state index in [4.69, 9.17) is 15.1 Å². The van der Waals surface area contributed by atoms with Gasteiger partial charge in [-0.15, -0.1) is 11.3 Å². The highest BCUT2D eigenvalue weighted by Crippen LogP contribution is 2.36. The summed E-state index contributed by atoms with van der Waals surface area (Å²) in [6.45, 7) is 0. The van der Waals surface area contributed by atoms with Crippen LogP contribution in [0.5, 0.6) is 0 Å². The number of aromatic amines is 1. The van der Waals surface area contributed by atoms with E-state index in [2.05, 4.69) is 79.4 Å². The number of carbonyl (C=O) groups is 1. The number of nitrogens with zero attached hydrogens (tertiary/aromatic N) is 5. The fourth-order valence-electron chi connectivity index (χ4n) is 6.68. The van der Waals surface area contributed by atoms with Gasteiger partial charge in [0, 0.05) is 52.0 Å². The van der Waals surface area contributed by atoms with Gasteiger partial charge in [0.05, 0.1) is 50.5 Å². The van der Waals surface area contributed by atoms with Crippen LogP contribution in [0.25, 0.3) is 55.9 Å². The second kappa shape index (κ2) is 18.1. The van der Waals surface area contributed by atoms with Crippen LogP contribution in [0.4, 0.5) is 0 Å². The molecule has 7 aromatic rings. The van der Waals surface area contributed by atoms with E-state index in [0.29, 0.717) is 58.1 Å². The number of benzene rings is 1. The number of hydrogen-bond donors (Lipinski definition) is 2. The van der Waals surface area contributed by atoms with Crippen molar-refractivity contribution in [3.63, 3.8) is 0 Å². The molecule has 9 rings (SSSR count). The molecule has 0 amide bonds. The van der Waals surface area contributed by atoms with Crippen molar-refractivity contribution in [2.24, 2.45) is 0 Å². The monoisotopic (exact) mass is 816 g/mol. The van der Waals surface area contributed by atoms with Gasteiger partial charge in [0.25, 0.3) is 0 Å². The highest BCUT2D eigenvalue weighted by molar-refractivity contribution is 7.24. The van der Waals surface area contributed by atoms with Crippen LogP contribution in [0.15, 0.2) is 122 Å². The Morgan fingerprint density at radius 2 is 1.06 bits per heavy atom. The molecule has 1 aromatic carbocycles. The van der Waals surface area contributed by atoms with Crippen molar-refractivity contribution in [3.8, 4) is 58.5 Å². The number of nitrogens with one attached hydrogen (secondary N) is 1. The number of fused-ring (bicyclic) bond motifs is 8. The quantitative estimate of drug-likeness (QED) is 0.134. The molecule has 2 aliphatic heterocycles. The van der Waals surface area contributed by atoms with Gasteiger partial charge in [-0.2, -0.15) is 0 Å². The zero-order valence-corrected chi connectivity index (χ0v) is 33.8. The van der Waals surface area contributed by atoms with Gasteiger partial charge in [-0.1, -0.05) is 59.9 Å². The lowest BCUT2D eigenvalue weighted by atomic mass is 10.0. The number of rotatable bonds is 4. The number of H-pyrrole nitrogens is 1. The molecule has 62 heavy (non-hydrogen) atoms. The summed E-state index contributed by atoms with van der Waals surface area (Å²) in [6.07, 6.45) is 14.3. The highest BCUT2D eigenvalue weighted by Gasteiger charge is 2.16. The summed E-state index contributed by atoms with van der Waals surface area (Å²) in [5, 5.41) is 8.99. The second-order valence-electron chi connectivity index (χ2n) is 13.9. The first-order valence-corrected chi connectivity index (χ1v) is 20.5. The minimum atomic E-state index is -0.818. The molecule has 0 saturated carbocycles. The molecule has 8 bridgehead atoms. The third kappa shape index (κ3) is 9.01. The van der Waals surface area contributed by atoms with Crippen LogP contribution in [0, 0.1) is 47.4 Å². The van der Waals surface area contributed by atoms with E-state index >= 15 is 0 Å². The Labute approximate surface area is 361 Å². The molecule has 2 aliphatic rings. The average molecular weight is 817 g/mol. The number of thiophene rings is 1. The summed E-state index contributed by atoms with van der Waals surface area (Å²) in [6, 6.07) is 33.2. The topological polar surface area (TPSA) is 118 Å². The van der Waals surface area contributed by atoms with Gasteiger partial charge in [0.15, 0.2) is 0 Å². The Kier molecular flexibility index (Phi) is 11.4. The standard InChI is InChI=1S/C53H32N6O2S/c60-52(61)14-3-1-2-10-36-15-17-37(18-16-36)53-49-30-29-47(59-49)42(23-20-39-12-5-8-34-55-39)45-26-25-44(57-45)41(22-19-38-11-4-7-33-54-38)46-27-28-48(58-46)43(50-31-32-51(53)62-50)24-21-40-13-6-9-35-56-40/h4-9,11-13,15-18,25-35,57H,1,3,14H2,(H,60,61). The Balaban J connectivity index is 1.32. The van der Waals surface area contributed by atoms with Crippen LogP contribution in [0.1, 0.15) is 81.4 Å². The predicted octanol–water partition coefficient (Wildman–Crippen LogP) is 10.0. The molecule has 0 unspecified atom stereocenters. The van der Waals surface area contributed by atoms with E-state index in [1.165, 1.54) is 0 Å². The van der Waals surface area contributed by atoms with E-state index in [0.717, 1.165) is 48.4 Å². The molecule has 0 fully saturated rings. The number of aromatic nitrogens is 6. The lowest BCUT2D eigenvalue weighted by molar-refractivity contribution is -0.137. The molecule has 8 heterocycles. The van der Waals surface area contributed by atoms with Crippen molar-refractivity contribution >= 4 is 62.0 Å². The Bertz CT molecular complexity index is 3300. The van der Waals surface area contributed by atoms with Crippen molar-refractivity contribution in [1.82, 2.24) is 29.9 Å². The summed E-state index contributed by atoms with van der Waals surface area (Å²) < 4.78 is 1.90. The molecule has 0 atom stereocenters. The fraction of sp³-hybridized carbons (Fsp3) is 0.0566. The maximum Gasteiger partial charge on any atom is 0.303 e. The molecule has 0 radical (unpaired) electrons. The minimum absolute atomic E-state index is 0.0973. The molecule has 292 valence electrons.